The minimum atomic E-state index is -0.298. The highest BCUT2D eigenvalue weighted by Gasteiger charge is 2.08. The van der Waals surface area contributed by atoms with Crippen LogP contribution in [0.15, 0.2) is 41.5 Å². The number of ether oxygens (including phenoxy) is 2. The van der Waals surface area contributed by atoms with Crippen molar-refractivity contribution in [3.63, 3.8) is 0 Å². The van der Waals surface area contributed by atoms with Crippen molar-refractivity contribution in [1.82, 2.24) is 5.43 Å². The first-order chi connectivity index (χ1) is 14.0. The van der Waals surface area contributed by atoms with Gasteiger partial charge < -0.3 is 9.47 Å². The van der Waals surface area contributed by atoms with Crippen LogP contribution >= 0.6 is 0 Å². The molecule has 0 aromatic heterocycles. The lowest BCUT2D eigenvalue weighted by Crippen LogP contribution is -2.25. The monoisotopic (exact) mass is 396 g/mol. The predicted octanol–water partition coefficient (Wildman–Crippen LogP) is 5.10. The Morgan fingerprint density at radius 1 is 0.966 bits per heavy atom. The van der Waals surface area contributed by atoms with E-state index in [-0.39, 0.29) is 12.5 Å². The first kappa shape index (κ1) is 22.5. The van der Waals surface area contributed by atoms with Crippen LogP contribution in [0.3, 0.4) is 0 Å². The second-order valence-electron chi connectivity index (χ2n) is 7.21. The molecule has 1 N–H and O–H groups in total. The molecule has 1 amide bonds. The summed E-state index contributed by atoms with van der Waals surface area (Å²) in [7, 11) is 0. The SMILES string of the molecule is CCCCCCOc1ccc(/C=N/NC(=O)COc2c(C)ccc(C)c2C)cc1. The Bertz CT molecular complexity index is 814. The highest BCUT2D eigenvalue weighted by atomic mass is 16.5. The molecule has 5 heteroatoms. The van der Waals surface area contributed by atoms with Crippen LogP contribution in [-0.4, -0.2) is 25.3 Å². The molecule has 0 saturated carbocycles. The Balaban J connectivity index is 1.75. The lowest BCUT2D eigenvalue weighted by molar-refractivity contribution is -0.123. The van der Waals surface area contributed by atoms with Crippen LogP contribution in [0.4, 0.5) is 0 Å². The van der Waals surface area contributed by atoms with Gasteiger partial charge in [0.15, 0.2) is 6.61 Å². The fraction of sp³-hybridized carbons (Fsp3) is 0.417. The molecule has 5 nitrogen and oxygen atoms in total. The Kier molecular flexibility index (Phi) is 9.22. The number of hydrazone groups is 1. The molecule has 0 aliphatic carbocycles. The van der Waals surface area contributed by atoms with E-state index in [9.17, 15) is 4.79 Å². The number of carbonyl (C=O) groups is 1. The molecule has 156 valence electrons. The average molecular weight is 397 g/mol. The minimum absolute atomic E-state index is 0.0761. The van der Waals surface area contributed by atoms with Crippen molar-refractivity contribution in [2.24, 2.45) is 5.10 Å². The van der Waals surface area contributed by atoms with Gasteiger partial charge in [-0.1, -0.05) is 38.3 Å². The van der Waals surface area contributed by atoms with Gasteiger partial charge in [-0.2, -0.15) is 5.10 Å². The second kappa shape index (κ2) is 11.9. The summed E-state index contributed by atoms with van der Waals surface area (Å²) in [6, 6.07) is 11.7. The Hall–Kier alpha value is -2.82. The lowest BCUT2D eigenvalue weighted by Gasteiger charge is -2.13. The van der Waals surface area contributed by atoms with Crippen molar-refractivity contribution < 1.29 is 14.3 Å². The highest BCUT2D eigenvalue weighted by Crippen LogP contribution is 2.25. The van der Waals surface area contributed by atoms with E-state index in [1.165, 1.54) is 19.3 Å². The molecule has 29 heavy (non-hydrogen) atoms. The first-order valence-electron chi connectivity index (χ1n) is 10.3. The van der Waals surface area contributed by atoms with E-state index in [1.54, 1.807) is 6.21 Å². The summed E-state index contributed by atoms with van der Waals surface area (Å²) in [4.78, 5) is 12.0. The predicted molar refractivity (Wildman–Crippen MR) is 118 cm³/mol. The van der Waals surface area contributed by atoms with Gasteiger partial charge in [0, 0.05) is 0 Å². The third-order valence-electron chi connectivity index (χ3n) is 4.77. The minimum Gasteiger partial charge on any atom is -0.494 e. The quantitative estimate of drug-likeness (QED) is 0.327. The van der Waals surface area contributed by atoms with Gasteiger partial charge in [-0.15, -0.1) is 0 Å². The van der Waals surface area contributed by atoms with E-state index in [4.69, 9.17) is 9.47 Å². The molecule has 0 heterocycles. The molecular weight excluding hydrogens is 364 g/mol. The number of carbonyl (C=O) groups excluding carboxylic acids is 1. The Morgan fingerprint density at radius 2 is 1.69 bits per heavy atom. The van der Waals surface area contributed by atoms with Crippen molar-refractivity contribution in [3.8, 4) is 11.5 Å². The van der Waals surface area contributed by atoms with Crippen LogP contribution < -0.4 is 14.9 Å². The maximum Gasteiger partial charge on any atom is 0.277 e. The number of aryl methyl sites for hydroxylation is 2. The molecule has 2 aromatic carbocycles. The van der Waals surface area contributed by atoms with Crippen molar-refractivity contribution in [2.75, 3.05) is 13.2 Å². The fourth-order valence-corrected chi connectivity index (χ4v) is 2.87. The maximum absolute atomic E-state index is 12.0. The van der Waals surface area contributed by atoms with E-state index in [2.05, 4.69) is 17.5 Å². The summed E-state index contributed by atoms with van der Waals surface area (Å²) in [5.74, 6) is 1.31. The normalized spacial score (nSPS) is 10.9. The van der Waals surface area contributed by atoms with Crippen LogP contribution in [0.2, 0.25) is 0 Å². The van der Waals surface area contributed by atoms with Gasteiger partial charge in [0.2, 0.25) is 0 Å². The van der Waals surface area contributed by atoms with Crippen molar-refractivity contribution in [3.05, 3.63) is 58.7 Å². The number of rotatable bonds is 11. The number of unbranched alkanes of at least 4 members (excludes halogenated alkanes) is 3. The highest BCUT2D eigenvalue weighted by molar-refractivity contribution is 5.83. The van der Waals surface area contributed by atoms with Crippen LogP contribution in [0.1, 0.15) is 54.9 Å². The summed E-state index contributed by atoms with van der Waals surface area (Å²) in [6.07, 6.45) is 6.36. The van der Waals surface area contributed by atoms with Gasteiger partial charge >= 0.3 is 0 Å². The van der Waals surface area contributed by atoms with Gasteiger partial charge in [0.25, 0.3) is 5.91 Å². The van der Waals surface area contributed by atoms with E-state index < -0.39 is 0 Å². The molecule has 0 saturated heterocycles. The molecule has 0 aliphatic heterocycles. The summed E-state index contributed by atoms with van der Waals surface area (Å²) in [5.41, 5.74) is 6.58. The number of benzene rings is 2. The standard InChI is InChI=1S/C24H32N2O3/c1-5-6-7-8-15-28-22-13-11-21(12-14-22)16-25-26-23(27)17-29-24-19(3)10-9-18(2)20(24)4/h9-14,16H,5-8,15,17H2,1-4H3,(H,26,27)/b25-16+. The van der Waals surface area contributed by atoms with Gasteiger partial charge in [-0.05, 0) is 73.7 Å². The number of hydrogen-bond acceptors (Lipinski definition) is 4. The molecule has 0 atom stereocenters. The first-order valence-corrected chi connectivity index (χ1v) is 10.3. The number of amides is 1. The molecule has 0 spiro atoms. The van der Waals surface area contributed by atoms with Gasteiger partial charge in [-0.3, -0.25) is 4.79 Å². The van der Waals surface area contributed by atoms with Gasteiger partial charge in [0.05, 0.1) is 12.8 Å². The molecule has 2 aromatic rings. The summed E-state index contributed by atoms with van der Waals surface area (Å²) in [6.45, 7) is 8.84. The zero-order chi connectivity index (χ0) is 21.1. The third kappa shape index (κ3) is 7.60. The second-order valence-corrected chi connectivity index (χ2v) is 7.21. The fourth-order valence-electron chi connectivity index (χ4n) is 2.87. The third-order valence-corrected chi connectivity index (χ3v) is 4.77. The summed E-state index contributed by atoms with van der Waals surface area (Å²) < 4.78 is 11.4. The van der Waals surface area contributed by atoms with Crippen LogP contribution in [0.5, 0.6) is 11.5 Å². The molecule has 0 bridgehead atoms. The van der Waals surface area contributed by atoms with E-state index in [0.29, 0.717) is 0 Å². The average Bonchev–Trinajstić information content (AvgIpc) is 2.72. The van der Waals surface area contributed by atoms with Gasteiger partial charge in [0.1, 0.15) is 11.5 Å². The molecule has 0 unspecified atom stereocenters. The lowest BCUT2D eigenvalue weighted by atomic mass is 10.1. The zero-order valence-electron chi connectivity index (χ0n) is 18.0. The number of nitrogens with one attached hydrogen (secondary N) is 1. The van der Waals surface area contributed by atoms with E-state index in [0.717, 1.165) is 46.8 Å². The zero-order valence-corrected chi connectivity index (χ0v) is 18.0. The maximum atomic E-state index is 12.0. The summed E-state index contributed by atoms with van der Waals surface area (Å²) in [5, 5.41) is 4.00. The molecule has 0 radical (unpaired) electrons. The molecular formula is C24H32N2O3. The van der Waals surface area contributed by atoms with Crippen molar-refractivity contribution in [2.45, 2.75) is 53.4 Å². The smallest absolute Gasteiger partial charge is 0.277 e. The molecule has 2 rings (SSSR count). The van der Waals surface area contributed by atoms with Gasteiger partial charge in [-0.25, -0.2) is 5.43 Å². The Labute approximate surface area is 174 Å². The van der Waals surface area contributed by atoms with Crippen molar-refractivity contribution in [1.29, 1.82) is 0 Å². The van der Waals surface area contributed by atoms with E-state index >= 15 is 0 Å². The van der Waals surface area contributed by atoms with Crippen LogP contribution in [0.25, 0.3) is 0 Å². The molecule has 0 aliphatic rings. The van der Waals surface area contributed by atoms with Crippen molar-refractivity contribution >= 4 is 12.1 Å². The number of nitrogens with zero attached hydrogens (tertiary/aromatic N) is 1. The largest absolute Gasteiger partial charge is 0.494 e. The number of hydrogen-bond donors (Lipinski definition) is 1. The van der Waals surface area contributed by atoms with Crippen LogP contribution in [-0.2, 0) is 4.79 Å². The summed E-state index contributed by atoms with van der Waals surface area (Å²) >= 11 is 0. The Morgan fingerprint density at radius 3 is 2.41 bits per heavy atom. The van der Waals surface area contributed by atoms with E-state index in [1.807, 2.05) is 57.2 Å². The topological polar surface area (TPSA) is 59.9 Å². The molecule has 0 fully saturated rings. The van der Waals surface area contributed by atoms with Crippen LogP contribution in [0, 0.1) is 20.8 Å².